The van der Waals surface area contributed by atoms with E-state index in [1.807, 2.05) is 0 Å². The third-order valence-electron chi connectivity index (χ3n) is 17.0. The Morgan fingerprint density at radius 1 is 0.354 bits per heavy atom. The standard InChI is InChI=1S/C73H141NO5/c1-3-5-7-9-11-13-15-17-19-20-35-39-43-47-51-55-59-63-67-73(78)79-68-64-60-56-52-48-44-40-36-33-31-29-27-25-23-21-22-24-26-28-30-32-34-38-42-46-50-54-58-62-66-72(77)74-70(69-75)71(76)65-61-57-53-49-45-41-37-18-16-14-12-10-8-6-4-2/h21,23,27,29,70-71,75-76H,3-20,22,24-26,28,30-69H2,1-2H3,(H,74,77)/b23-21-,29-27-. The molecule has 0 aromatic heterocycles. The molecule has 2 unspecified atom stereocenters. The number of rotatable bonds is 68. The summed E-state index contributed by atoms with van der Waals surface area (Å²) in [5, 5.41) is 23.3. The fourth-order valence-electron chi connectivity index (χ4n) is 11.5. The Morgan fingerprint density at radius 3 is 0.962 bits per heavy atom. The molecule has 6 nitrogen and oxygen atoms in total. The minimum Gasteiger partial charge on any atom is -0.466 e. The maximum atomic E-state index is 12.5. The van der Waals surface area contributed by atoms with E-state index in [1.165, 1.54) is 327 Å². The summed E-state index contributed by atoms with van der Waals surface area (Å²) >= 11 is 0. The first-order valence-corrected chi connectivity index (χ1v) is 36.1. The average Bonchev–Trinajstić information content (AvgIpc) is 3.45. The highest BCUT2D eigenvalue weighted by atomic mass is 16.5. The van der Waals surface area contributed by atoms with E-state index in [1.54, 1.807) is 0 Å². The van der Waals surface area contributed by atoms with Crippen molar-refractivity contribution in [2.45, 2.75) is 418 Å². The molecule has 79 heavy (non-hydrogen) atoms. The predicted octanol–water partition coefficient (Wildman–Crippen LogP) is 23.3. The van der Waals surface area contributed by atoms with Gasteiger partial charge in [-0.05, 0) is 57.8 Å². The van der Waals surface area contributed by atoms with E-state index in [9.17, 15) is 19.8 Å². The predicted molar refractivity (Wildman–Crippen MR) is 347 cm³/mol. The molecule has 6 heteroatoms. The summed E-state index contributed by atoms with van der Waals surface area (Å²) in [6.07, 6.45) is 86.6. The number of amides is 1. The summed E-state index contributed by atoms with van der Waals surface area (Å²) < 4.78 is 5.51. The lowest BCUT2D eigenvalue weighted by Crippen LogP contribution is -2.45. The van der Waals surface area contributed by atoms with Crippen molar-refractivity contribution in [2.24, 2.45) is 0 Å². The van der Waals surface area contributed by atoms with Crippen LogP contribution in [0.4, 0.5) is 0 Å². The third-order valence-corrected chi connectivity index (χ3v) is 17.0. The van der Waals surface area contributed by atoms with E-state index >= 15 is 0 Å². The van der Waals surface area contributed by atoms with Gasteiger partial charge in [-0.2, -0.15) is 0 Å². The third kappa shape index (κ3) is 65.4. The zero-order valence-corrected chi connectivity index (χ0v) is 53.6. The van der Waals surface area contributed by atoms with Gasteiger partial charge < -0.3 is 20.3 Å². The van der Waals surface area contributed by atoms with E-state index in [0.717, 1.165) is 44.9 Å². The summed E-state index contributed by atoms with van der Waals surface area (Å²) in [4.78, 5) is 24.6. The summed E-state index contributed by atoms with van der Waals surface area (Å²) in [6, 6.07) is -0.542. The van der Waals surface area contributed by atoms with Crippen molar-refractivity contribution in [1.82, 2.24) is 5.32 Å². The average molecular weight is 1110 g/mol. The molecule has 0 spiro atoms. The lowest BCUT2D eigenvalue weighted by molar-refractivity contribution is -0.143. The van der Waals surface area contributed by atoms with Crippen molar-refractivity contribution in [3.63, 3.8) is 0 Å². The molecule has 0 aliphatic heterocycles. The minimum absolute atomic E-state index is 0.0172. The molecule has 0 aliphatic carbocycles. The van der Waals surface area contributed by atoms with Gasteiger partial charge in [0, 0.05) is 12.8 Å². The molecule has 0 aromatic rings. The second kappa shape index (κ2) is 68.8. The maximum absolute atomic E-state index is 12.5. The van der Waals surface area contributed by atoms with Crippen molar-refractivity contribution in [3.05, 3.63) is 24.3 Å². The zero-order chi connectivity index (χ0) is 57.1. The van der Waals surface area contributed by atoms with Gasteiger partial charge in [-0.3, -0.25) is 9.59 Å². The first kappa shape index (κ1) is 77.3. The van der Waals surface area contributed by atoms with Crippen LogP contribution >= 0.6 is 0 Å². The van der Waals surface area contributed by atoms with Gasteiger partial charge in [0.15, 0.2) is 0 Å². The van der Waals surface area contributed by atoms with Crippen molar-refractivity contribution in [2.75, 3.05) is 13.2 Å². The van der Waals surface area contributed by atoms with E-state index in [2.05, 4.69) is 43.5 Å². The van der Waals surface area contributed by atoms with Crippen LogP contribution in [0.3, 0.4) is 0 Å². The van der Waals surface area contributed by atoms with Crippen LogP contribution in [0, 0.1) is 0 Å². The van der Waals surface area contributed by atoms with Crippen molar-refractivity contribution in [1.29, 1.82) is 0 Å². The normalized spacial score (nSPS) is 12.6. The lowest BCUT2D eigenvalue weighted by atomic mass is 10.0. The van der Waals surface area contributed by atoms with E-state index in [0.29, 0.717) is 25.9 Å². The van der Waals surface area contributed by atoms with E-state index < -0.39 is 12.1 Å². The van der Waals surface area contributed by atoms with Crippen molar-refractivity contribution >= 4 is 11.9 Å². The smallest absolute Gasteiger partial charge is 0.305 e. The highest BCUT2D eigenvalue weighted by Crippen LogP contribution is 2.19. The quantitative estimate of drug-likeness (QED) is 0.0320. The molecule has 3 N–H and O–H groups in total. The molecule has 1 amide bonds. The zero-order valence-electron chi connectivity index (χ0n) is 53.6. The number of esters is 1. The number of aliphatic hydroxyl groups excluding tert-OH is 2. The second-order valence-electron chi connectivity index (χ2n) is 24.9. The Hall–Kier alpha value is -1.66. The van der Waals surface area contributed by atoms with Crippen LogP contribution in [-0.4, -0.2) is 47.4 Å². The van der Waals surface area contributed by atoms with Crippen molar-refractivity contribution in [3.8, 4) is 0 Å². The number of carbonyl (C=O) groups excluding carboxylic acids is 2. The van der Waals surface area contributed by atoms with Gasteiger partial charge in [-0.25, -0.2) is 0 Å². The molecule has 0 fully saturated rings. The van der Waals surface area contributed by atoms with Gasteiger partial charge in [-0.1, -0.05) is 359 Å². The fraction of sp³-hybridized carbons (Fsp3) is 0.918. The Morgan fingerprint density at radius 2 is 0.633 bits per heavy atom. The first-order valence-electron chi connectivity index (χ1n) is 36.1. The highest BCUT2D eigenvalue weighted by Gasteiger charge is 2.20. The summed E-state index contributed by atoms with van der Waals surface area (Å²) in [6.45, 7) is 4.99. The molecule has 0 bridgehead atoms. The van der Waals surface area contributed by atoms with Crippen molar-refractivity contribution < 1.29 is 24.5 Å². The van der Waals surface area contributed by atoms with Gasteiger partial charge in [0.2, 0.25) is 5.91 Å². The Balaban J connectivity index is 3.38. The molecule has 468 valence electrons. The van der Waals surface area contributed by atoms with Gasteiger partial charge >= 0.3 is 5.97 Å². The Kier molecular flexibility index (Phi) is 67.4. The molecule has 0 radical (unpaired) electrons. The largest absolute Gasteiger partial charge is 0.466 e. The van der Waals surface area contributed by atoms with Crippen LogP contribution in [-0.2, 0) is 14.3 Å². The number of nitrogens with one attached hydrogen (secondary N) is 1. The summed E-state index contributed by atoms with van der Waals surface area (Å²) in [5.74, 6) is -0.0159. The summed E-state index contributed by atoms with van der Waals surface area (Å²) in [5.41, 5.74) is 0. The SMILES string of the molecule is CCCCCCCCCCCCCCCCCCCCC(=O)OCCCCCCCCCCC/C=C\C/C=C\CCCCCCCCCCCCCCCC(=O)NC(CO)C(O)CCCCCCCCCCCCCCCCC. The van der Waals surface area contributed by atoms with Crippen LogP contribution in [0.5, 0.6) is 0 Å². The van der Waals surface area contributed by atoms with Crippen LogP contribution in [0.25, 0.3) is 0 Å². The van der Waals surface area contributed by atoms with Gasteiger partial charge in [-0.15, -0.1) is 0 Å². The second-order valence-corrected chi connectivity index (χ2v) is 24.9. The lowest BCUT2D eigenvalue weighted by Gasteiger charge is -2.22. The molecule has 0 saturated heterocycles. The number of carbonyl (C=O) groups is 2. The number of hydrogen-bond donors (Lipinski definition) is 3. The Bertz CT molecular complexity index is 1230. The number of hydrogen-bond acceptors (Lipinski definition) is 5. The van der Waals surface area contributed by atoms with E-state index in [-0.39, 0.29) is 18.5 Å². The molecule has 0 heterocycles. The van der Waals surface area contributed by atoms with Crippen LogP contribution in [0.15, 0.2) is 24.3 Å². The molecule has 0 aliphatic rings. The van der Waals surface area contributed by atoms with Crippen LogP contribution in [0.2, 0.25) is 0 Å². The number of unbranched alkanes of at least 4 members (excludes halogenated alkanes) is 53. The number of ether oxygens (including phenoxy) is 1. The number of aliphatic hydroxyl groups is 2. The molecule has 0 saturated carbocycles. The van der Waals surface area contributed by atoms with Crippen LogP contribution < -0.4 is 5.32 Å². The monoisotopic (exact) mass is 1110 g/mol. The van der Waals surface area contributed by atoms with Gasteiger partial charge in [0.1, 0.15) is 0 Å². The van der Waals surface area contributed by atoms with E-state index in [4.69, 9.17) is 4.74 Å². The van der Waals surface area contributed by atoms with Crippen LogP contribution in [0.1, 0.15) is 406 Å². The fourth-order valence-corrected chi connectivity index (χ4v) is 11.5. The molecule has 2 atom stereocenters. The summed E-state index contributed by atoms with van der Waals surface area (Å²) in [7, 11) is 0. The maximum Gasteiger partial charge on any atom is 0.305 e. The van der Waals surface area contributed by atoms with Gasteiger partial charge in [0.05, 0.1) is 25.4 Å². The molecular formula is C73H141NO5. The Labute approximate surface area is 494 Å². The molecule has 0 aromatic carbocycles. The highest BCUT2D eigenvalue weighted by molar-refractivity contribution is 5.76. The minimum atomic E-state index is -0.665. The topological polar surface area (TPSA) is 95.9 Å². The van der Waals surface area contributed by atoms with Gasteiger partial charge in [0.25, 0.3) is 0 Å². The number of allylic oxidation sites excluding steroid dienone is 4. The molecule has 0 rings (SSSR count). The molecular weight excluding hydrogens is 971 g/mol. The first-order chi connectivity index (χ1) is 39.0.